The van der Waals surface area contributed by atoms with Gasteiger partial charge in [0.15, 0.2) is 0 Å². The van der Waals surface area contributed by atoms with Gasteiger partial charge >= 0.3 is 16.3 Å². The van der Waals surface area contributed by atoms with Crippen molar-refractivity contribution in [2.75, 3.05) is 11.3 Å². The molecule has 1 aromatic rings. The molecule has 0 saturated carbocycles. The SMILES string of the molecule is CCOC(=O)NS(=O)(=O)Nc1ccc(I)cc1Cl. The standard InChI is InChI=1S/C9H10ClIN2O4S/c1-2-17-9(14)13-18(15,16)12-8-4-3-6(11)5-7(8)10/h3-5,12H,2H2,1H3,(H,13,14). The fraction of sp³-hybridized carbons (Fsp3) is 0.222. The van der Waals surface area contributed by atoms with E-state index in [9.17, 15) is 13.2 Å². The van der Waals surface area contributed by atoms with Crippen LogP contribution in [0, 0.1) is 3.57 Å². The third kappa shape index (κ3) is 4.86. The Kier molecular flexibility index (Phi) is 5.47. The molecule has 6 nitrogen and oxygen atoms in total. The van der Waals surface area contributed by atoms with Gasteiger partial charge in [-0.25, -0.2) is 9.52 Å². The summed E-state index contributed by atoms with van der Waals surface area (Å²) in [5.41, 5.74) is 0.175. The molecule has 0 fully saturated rings. The first-order chi connectivity index (χ1) is 8.34. The van der Waals surface area contributed by atoms with Crippen molar-refractivity contribution in [2.24, 2.45) is 0 Å². The van der Waals surface area contributed by atoms with E-state index in [4.69, 9.17) is 11.6 Å². The van der Waals surface area contributed by atoms with E-state index in [0.717, 1.165) is 3.57 Å². The van der Waals surface area contributed by atoms with Crippen LogP contribution in [-0.2, 0) is 14.9 Å². The van der Waals surface area contributed by atoms with Gasteiger partial charge in [0, 0.05) is 3.57 Å². The monoisotopic (exact) mass is 404 g/mol. The van der Waals surface area contributed by atoms with Crippen LogP contribution in [0.3, 0.4) is 0 Å². The molecule has 0 aliphatic carbocycles. The van der Waals surface area contributed by atoms with Crippen molar-refractivity contribution in [3.63, 3.8) is 0 Å². The quantitative estimate of drug-likeness (QED) is 0.755. The van der Waals surface area contributed by atoms with Crippen molar-refractivity contribution in [3.05, 3.63) is 26.8 Å². The summed E-state index contributed by atoms with van der Waals surface area (Å²) >= 11 is 7.90. The molecule has 0 aliphatic heterocycles. The Morgan fingerprint density at radius 1 is 1.50 bits per heavy atom. The van der Waals surface area contributed by atoms with Gasteiger partial charge in [0.2, 0.25) is 0 Å². The molecule has 0 spiro atoms. The lowest BCUT2D eigenvalue weighted by atomic mass is 10.3. The Labute approximate surface area is 123 Å². The summed E-state index contributed by atoms with van der Waals surface area (Å²) in [6.45, 7) is 1.64. The summed E-state index contributed by atoms with van der Waals surface area (Å²) in [6.07, 6.45) is -1.05. The maximum atomic E-state index is 11.5. The molecule has 2 N–H and O–H groups in total. The zero-order valence-corrected chi connectivity index (χ0v) is 13.0. The average molecular weight is 405 g/mol. The van der Waals surface area contributed by atoms with E-state index in [1.807, 2.05) is 22.6 Å². The van der Waals surface area contributed by atoms with Crippen LogP contribution in [0.2, 0.25) is 5.02 Å². The highest BCUT2D eigenvalue weighted by atomic mass is 127. The minimum atomic E-state index is -4.05. The molecule has 0 aromatic heterocycles. The van der Waals surface area contributed by atoms with Crippen LogP contribution in [0.25, 0.3) is 0 Å². The minimum absolute atomic E-state index is 0.0750. The van der Waals surface area contributed by atoms with Crippen LogP contribution in [0.4, 0.5) is 10.5 Å². The first-order valence-corrected chi connectivity index (χ1v) is 7.70. The molecular weight excluding hydrogens is 395 g/mol. The highest BCUT2D eigenvalue weighted by Gasteiger charge is 2.16. The number of rotatable bonds is 4. The number of carbonyl (C=O) groups excluding carboxylic acids is 1. The Hall–Kier alpha value is -0.740. The fourth-order valence-electron chi connectivity index (χ4n) is 1.01. The molecule has 0 bridgehead atoms. The normalized spacial score (nSPS) is 10.8. The lowest BCUT2D eigenvalue weighted by Crippen LogP contribution is -2.35. The number of hydrogen-bond donors (Lipinski definition) is 2. The highest BCUT2D eigenvalue weighted by Crippen LogP contribution is 2.24. The van der Waals surface area contributed by atoms with Gasteiger partial charge in [-0.2, -0.15) is 8.42 Å². The Bertz CT molecular complexity index is 549. The molecule has 1 amide bonds. The van der Waals surface area contributed by atoms with Gasteiger partial charge < -0.3 is 4.74 Å². The molecule has 1 aromatic carbocycles. The summed E-state index contributed by atoms with van der Waals surface area (Å²) < 4.78 is 32.2. The first-order valence-electron chi connectivity index (χ1n) is 4.76. The first kappa shape index (κ1) is 15.3. The van der Waals surface area contributed by atoms with Crippen molar-refractivity contribution >= 4 is 56.2 Å². The molecule has 9 heteroatoms. The molecule has 0 aliphatic rings. The van der Waals surface area contributed by atoms with Gasteiger partial charge in [-0.1, -0.05) is 11.6 Å². The van der Waals surface area contributed by atoms with Crippen LogP contribution < -0.4 is 9.44 Å². The Morgan fingerprint density at radius 2 is 2.17 bits per heavy atom. The van der Waals surface area contributed by atoms with E-state index in [-0.39, 0.29) is 17.3 Å². The number of hydrogen-bond acceptors (Lipinski definition) is 4. The fourth-order valence-corrected chi connectivity index (χ4v) is 2.77. The van der Waals surface area contributed by atoms with E-state index in [1.165, 1.54) is 6.07 Å². The van der Waals surface area contributed by atoms with Crippen LogP contribution in [-0.4, -0.2) is 21.1 Å². The third-order valence-corrected chi connectivity index (χ3v) is 3.58. The van der Waals surface area contributed by atoms with E-state index in [0.29, 0.717) is 0 Å². The lowest BCUT2D eigenvalue weighted by Gasteiger charge is -2.10. The maximum absolute atomic E-state index is 11.5. The zero-order valence-electron chi connectivity index (χ0n) is 9.24. The second kappa shape index (κ2) is 6.43. The number of benzene rings is 1. The predicted molar refractivity (Wildman–Crippen MR) is 76.9 cm³/mol. The molecular formula is C9H10ClIN2O4S. The molecule has 0 atom stereocenters. The summed E-state index contributed by atoms with van der Waals surface area (Å²) in [5, 5.41) is 0.233. The smallest absolute Gasteiger partial charge is 0.422 e. The Balaban J connectivity index is 2.79. The molecule has 100 valence electrons. The van der Waals surface area contributed by atoms with Crippen LogP contribution in [0.15, 0.2) is 18.2 Å². The summed E-state index contributed by atoms with van der Waals surface area (Å²) in [4.78, 5) is 11.0. The summed E-state index contributed by atoms with van der Waals surface area (Å²) in [5.74, 6) is 0. The molecule has 0 saturated heterocycles. The molecule has 0 radical (unpaired) electrons. The molecule has 1 rings (SSSR count). The van der Waals surface area contributed by atoms with E-state index < -0.39 is 16.3 Å². The third-order valence-electron chi connectivity index (χ3n) is 1.67. The summed E-state index contributed by atoms with van der Waals surface area (Å²) in [7, 11) is -4.05. The van der Waals surface area contributed by atoms with E-state index in [2.05, 4.69) is 9.46 Å². The highest BCUT2D eigenvalue weighted by molar-refractivity contribution is 14.1. The van der Waals surface area contributed by atoms with Crippen molar-refractivity contribution in [2.45, 2.75) is 6.92 Å². The molecule has 18 heavy (non-hydrogen) atoms. The zero-order chi connectivity index (χ0) is 13.8. The molecule has 0 heterocycles. The second-order valence-electron chi connectivity index (χ2n) is 3.05. The number of halogens is 2. The average Bonchev–Trinajstić information content (AvgIpc) is 2.21. The second-order valence-corrected chi connectivity index (χ2v) is 6.12. The number of carbonyl (C=O) groups is 1. The van der Waals surface area contributed by atoms with Gasteiger partial charge in [-0.05, 0) is 47.7 Å². The van der Waals surface area contributed by atoms with Crippen LogP contribution in [0.1, 0.15) is 6.92 Å². The van der Waals surface area contributed by atoms with Gasteiger partial charge in [-0.3, -0.25) is 4.72 Å². The predicted octanol–water partition coefficient (Wildman–Crippen LogP) is 2.35. The Morgan fingerprint density at radius 3 is 2.72 bits per heavy atom. The molecule has 0 unspecified atom stereocenters. The van der Waals surface area contributed by atoms with Gasteiger partial charge in [0.25, 0.3) is 0 Å². The summed E-state index contributed by atoms with van der Waals surface area (Å²) in [6, 6.07) is 4.76. The van der Waals surface area contributed by atoms with Crippen molar-refractivity contribution in [1.29, 1.82) is 0 Å². The maximum Gasteiger partial charge on any atom is 0.422 e. The topological polar surface area (TPSA) is 84.5 Å². The van der Waals surface area contributed by atoms with E-state index in [1.54, 1.807) is 23.8 Å². The number of amides is 1. The minimum Gasteiger partial charge on any atom is -0.449 e. The number of ether oxygens (including phenoxy) is 1. The van der Waals surface area contributed by atoms with Crippen LogP contribution >= 0.6 is 34.2 Å². The van der Waals surface area contributed by atoms with Crippen molar-refractivity contribution < 1.29 is 17.9 Å². The van der Waals surface area contributed by atoms with Crippen molar-refractivity contribution in [1.82, 2.24) is 4.72 Å². The lowest BCUT2D eigenvalue weighted by molar-refractivity contribution is 0.159. The van der Waals surface area contributed by atoms with Gasteiger partial charge in [0.05, 0.1) is 17.3 Å². The number of nitrogens with one attached hydrogen (secondary N) is 2. The van der Waals surface area contributed by atoms with E-state index >= 15 is 0 Å². The van der Waals surface area contributed by atoms with Crippen molar-refractivity contribution in [3.8, 4) is 0 Å². The number of anilines is 1. The van der Waals surface area contributed by atoms with Gasteiger partial charge in [0.1, 0.15) is 0 Å². The van der Waals surface area contributed by atoms with Crippen LogP contribution in [0.5, 0.6) is 0 Å². The van der Waals surface area contributed by atoms with Gasteiger partial charge in [-0.15, -0.1) is 0 Å². The largest absolute Gasteiger partial charge is 0.449 e.